The molecule has 0 aliphatic heterocycles. The average molecular weight is 372 g/mol. The summed E-state index contributed by atoms with van der Waals surface area (Å²) in [5.74, 6) is -0.388. The zero-order valence-corrected chi connectivity index (χ0v) is 16.2. The van der Waals surface area contributed by atoms with Crippen molar-refractivity contribution in [3.63, 3.8) is 0 Å². The Balaban J connectivity index is 2.58. The number of benzene rings is 1. The molecule has 0 radical (unpaired) electrons. The van der Waals surface area contributed by atoms with Gasteiger partial charge in [-0.15, -0.1) is 0 Å². The number of amides is 1. The zero-order chi connectivity index (χ0) is 18.9. The first-order valence-electron chi connectivity index (χ1n) is 8.21. The summed E-state index contributed by atoms with van der Waals surface area (Å²) in [4.78, 5) is 12.2. The van der Waals surface area contributed by atoms with E-state index in [2.05, 4.69) is 15.4 Å². The number of carbonyl (C=O) groups is 1. The monoisotopic (exact) mass is 371 g/mol. The van der Waals surface area contributed by atoms with Crippen molar-refractivity contribution in [2.24, 2.45) is 0 Å². The van der Waals surface area contributed by atoms with Crippen LogP contribution < -0.4 is 15.4 Å². The number of sulfonamides is 1. The third-order valence-corrected chi connectivity index (χ3v) is 4.71. The number of rotatable bonds is 10. The van der Waals surface area contributed by atoms with Crippen molar-refractivity contribution in [3.8, 4) is 0 Å². The molecule has 8 heteroatoms. The van der Waals surface area contributed by atoms with Gasteiger partial charge in [-0.3, -0.25) is 4.79 Å². The lowest BCUT2D eigenvalue weighted by Gasteiger charge is -2.20. The highest BCUT2D eigenvalue weighted by Gasteiger charge is 2.20. The lowest BCUT2D eigenvalue weighted by atomic mass is 10.1. The Hall–Kier alpha value is -1.48. The third-order valence-electron chi connectivity index (χ3n) is 3.08. The van der Waals surface area contributed by atoms with Gasteiger partial charge in [0.2, 0.25) is 10.0 Å². The summed E-state index contributed by atoms with van der Waals surface area (Å²) in [5.41, 5.74) is 0.479. The molecule has 0 spiro atoms. The molecule has 1 amide bonds. The molecule has 1 rings (SSSR count). The van der Waals surface area contributed by atoms with Gasteiger partial charge in [0.1, 0.15) is 0 Å². The van der Waals surface area contributed by atoms with E-state index in [1.807, 2.05) is 0 Å². The quantitative estimate of drug-likeness (QED) is 0.530. The third kappa shape index (κ3) is 9.54. The molecular weight excluding hydrogens is 342 g/mol. The van der Waals surface area contributed by atoms with Crippen LogP contribution in [-0.2, 0) is 20.5 Å². The van der Waals surface area contributed by atoms with Crippen molar-refractivity contribution in [1.29, 1.82) is 0 Å². The molecule has 0 aliphatic carbocycles. The van der Waals surface area contributed by atoms with E-state index in [0.29, 0.717) is 30.8 Å². The van der Waals surface area contributed by atoms with E-state index in [1.165, 1.54) is 0 Å². The van der Waals surface area contributed by atoms with Gasteiger partial charge in [-0.05, 0) is 38.5 Å². The first kappa shape index (κ1) is 21.6. The highest BCUT2D eigenvalue weighted by atomic mass is 32.2. The molecule has 0 saturated heterocycles. The molecule has 1 aromatic rings. The molecule has 0 bridgehead atoms. The van der Waals surface area contributed by atoms with E-state index in [4.69, 9.17) is 4.74 Å². The maximum absolute atomic E-state index is 12.2. The summed E-state index contributed by atoms with van der Waals surface area (Å²) in [5, 5.41) is 5.93. The van der Waals surface area contributed by atoms with Crippen LogP contribution in [0.2, 0.25) is 0 Å². The van der Waals surface area contributed by atoms with Crippen LogP contribution in [0.4, 0.5) is 0 Å². The summed E-state index contributed by atoms with van der Waals surface area (Å²) in [6.07, 6.45) is 0. The van der Waals surface area contributed by atoms with E-state index >= 15 is 0 Å². The standard InChI is InChI=1S/C17H29N3O4S/c1-17(2,3)20-25(22,23)13-14-6-5-7-15(12-14)16(21)19-9-8-18-10-11-24-4/h5-7,12,18,20H,8-11,13H2,1-4H3,(H,19,21). The first-order valence-corrected chi connectivity index (χ1v) is 9.87. The minimum absolute atomic E-state index is 0.163. The zero-order valence-electron chi connectivity index (χ0n) is 15.4. The van der Waals surface area contributed by atoms with Gasteiger partial charge < -0.3 is 15.4 Å². The largest absolute Gasteiger partial charge is 0.383 e. The molecule has 0 atom stereocenters. The topological polar surface area (TPSA) is 96.5 Å². The first-order chi connectivity index (χ1) is 11.6. The lowest BCUT2D eigenvalue weighted by Crippen LogP contribution is -2.41. The fraction of sp³-hybridized carbons (Fsp3) is 0.588. The smallest absolute Gasteiger partial charge is 0.251 e. The number of ether oxygens (including phenoxy) is 1. The second-order valence-electron chi connectivity index (χ2n) is 6.81. The normalized spacial score (nSPS) is 12.2. The van der Waals surface area contributed by atoms with E-state index in [0.717, 1.165) is 6.54 Å². The Bertz CT molecular complexity index is 654. The maximum atomic E-state index is 12.2. The Morgan fingerprint density at radius 1 is 1.16 bits per heavy atom. The van der Waals surface area contributed by atoms with Crippen LogP contribution in [0.1, 0.15) is 36.7 Å². The molecule has 1 aromatic carbocycles. The minimum Gasteiger partial charge on any atom is -0.383 e. The second-order valence-corrected chi connectivity index (χ2v) is 8.53. The van der Waals surface area contributed by atoms with Crippen LogP contribution >= 0.6 is 0 Å². The molecule has 142 valence electrons. The number of hydrogen-bond acceptors (Lipinski definition) is 5. The molecule has 0 fully saturated rings. The minimum atomic E-state index is -3.47. The Labute approximate surface area is 150 Å². The van der Waals surface area contributed by atoms with Gasteiger partial charge in [0, 0.05) is 37.8 Å². The van der Waals surface area contributed by atoms with Crippen LogP contribution in [-0.4, -0.2) is 53.2 Å². The SMILES string of the molecule is COCCNCCNC(=O)c1cccc(CS(=O)(=O)NC(C)(C)C)c1. The van der Waals surface area contributed by atoms with Gasteiger partial charge in [0.25, 0.3) is 5.91 Å². The van der Waals surface area contributed by atoms with Crippen molar-refractivity contribution >= 4 is 15.9 Å². The fourth-order valence-corrected chi connectivity index (χ4v) is 3.81. The molecule has 0 aromatic heterocycles. The molecule has 3 N–H and O–H groups in total. The second kappa shape index (κ2) is 9.86. The summed E-state index contributed by atoms with van der Waals surface area (Å²) < 4.78 is 31.8. The van der Waals surface area contributed by atoms with Gasteiger partial charge >= 0.3 is 0 Å². The van der Waals surface area contributed by atoms with Gasteiger partial charge in [-0.1, -0.05) is 12.1 Å². The van der Waals surface area contributed by atoms with Crippen molar-refractivity contribution in [3.05, 3.63) is 35.4 Å². The molecule has 0 heterocycles. The van der Waals surface area contributed by atoms with E-state index in [1.54, 1.807) is 52.1 Å². The molecule has 0 saturated carbocycles. The van der Waals surface area contributed by atoms with E-state index in [-0.39, 0.29) is 11.7 Å². The van der Waals surface area contributed by atoms with Gasteiger partial charge in [-0.2, -0.15) is 0 Å². The van der Waals surface area contributed by atoms with Crippen LogP contribution in [0.3, 0.4) is 0 Å². The van der Waals surface area contributed by atoms with Gasteiger partial charge in [0.15, 0.2) is 0 Å². The van der Waals surface area contributed by atoms with Gasteiger partial charge in [-0.25, -0.2) is 13.1 Å². The molecule has 0 aliphatic rings. The molecular formula is C17H29N3O4S. The number of carbonyl (C=O) groups excluding carboxylic acids is 1. The fourth-order valence-electron chi connectivity index (χ4n) is 2.19. The van der Waals surface area contributed by atoms with Crippen LogP contribution in [0.5, 0.6) is 0 Å². The Morgan fingerprint density at radius 2 is 1.88 bits per heavy atom. The predicted octanol–water partition coefficient (Wildman–Crippen LogP) is 0.870. The highest BCUT2D eigenvalue weighted by molar-refractivity contribution is 7.88. The summed E-state index contributed by atoms with van der Waals surface area (Å²) in [6.45, 7) is 7.82. The number of methoxy groups -OCH3 is 1. The van der Waals surface area contributed by atoms with E-state index < -0.39 is 15.6 Å². The van der Waals surface area contributed by atoms with Crippen molar-refractivity contribution < 1.29 is 17.9 Å². The number of hydrogen-bond donors (Lipinski definition) is 3. The van der Waals surface area contributed by atoms with Crippen molar-refractivity contribution in [1.82, 2.24) is 15.4 Å². The maximum Gasteiger partial charge on any atom is 0.251 e. The Kier molecular flexibility index (Phi) is 8.51. The summed E-state index contributed by atoms with van der Waals surface area (Å²) in [7, 11) is -1.84. The average Bonchev–Trinajstić information content (AvgIpc) is 2.47. The number of nitrogens with one attached hydrogen (secondary N) is 3. The van der Waals surface area contributed by atoms with E-state index in [9.17, 15) is 13.2 Å². The van der Waals surface area contributed by atoms with Crippen LogP contribution in [0.15, 0.2) is 24.3 Å². The summed E-state index contributed by atoms with van der Waals surface area (Å²) in [6, 6.07) is 6.66. The lowest BCUT2D eigenvalue weighted by molar-refractivity contribution is 0.0953. The predicted molar refractivity (Wildman–Crippen MR) is 99.0 cm³/mol. The van der Waals surface area contributed by atoms with Gasteiger partial charge in [0.05, 0.1) is 12.4 Å². The summed E-state index contributed by atoms with van der Waals surface area (Å²) >= 11 is 0. The van der Waals surface area contributed by atoms with Crippen LogP contribution in [0, 0.1) is 0 Å². The van der Waals surface area contributed by atoms with Crippen molar-refractivity contribution in [2.75, 3.05) is 33.4 Å². The van der Waals surface area contributed by atoms with Crippen molar-refractivity contribution in [2.45, 2.75) is 32.1 Å². The molecule has 0 unspecified atom stereocenters. The Morgan fingerprint density at radius 3 is 2.52 bits per heavy atom. The molecule has 25 heavy (non-hydrogen) atoms. The van der Waals surface area contributed by atoms with Crippen LogP contribution in [0.25, 0.3) is 0 Å². The molecule has 7 nitrogen and oxygen atoms in total. The highest BCUT2D eigenvalue weighted by Crippen LogP contribution is 2.11.